The maximum Gasteiger partial charge on any atom is 0.325 e. The van der Waals surface area contributed by atoms with Gasteiger partial charge in [0.05, 0.1) is 33.2 Å². The Balaban J connectivity index is 2.25. The summed E-state index contributed by atoms with van der Waals surface area (Å²) in [5, 5.41) is 0.736. The van der Waals surface area contributed by atoms with Crippen LogP contribution in [-0.2, 0) is 16.1 Å². The molecule has 0 saturated heterocycles. The number of nitrogens with zero attached hydrogens (tertiary/aromatic N) is 2. The van der Waals surface area contributed by atoms with Crippen molar-refractivity contribution in [2.45, 2.75) is 6.54 Å². The molecule has 0 amide bonds. The molecule has 2 heterocycles. The van der Waals surface area contributed by atoms with Crippen molar-refractivity contribution in [1.82, 2.24) is 14.5 Å². The predicted octanol–water partition coefficient (Wildman–Crippen LogP) is 1.07. The quantitative estimate of drug-likeness (QED) is 0.723. The Hall–Kier alpha value is -3.03. The summed E-state index contributed by atoms with van der Waals surface area (Å²) >= 11 is 0. The standard InChI is InChI=1S/C15H15N3O5/c1-21-10-4-8-9(5-11(10)22-2)17-14-13(8)16-7-18(15(14)20)6-12(19)23-3/h4-5,7,17H,6H2,1-3H3. The molecule has 23 heavy (non-hydrogen) atoms. The lowest BCUT2D eigenvalue weighted by molar-refractivity contribution is -0.141. The van der Waals surface area contributed by atoms with Crippen LogP contribution >= 0.6 is 0 Å². The molecule has 3 rings (SSSR count). The number of aromatic amines is 1. The lowest BCUT2D eigenvalue weighted by Gasteiger charge is -2.06. The molecule has 3 aromatic rings. The number of ether oxygens (including phenoxy) is 3. The number of nitrogens with one attached hydrogen (secondary N) is 1. The van der Waals surface area contributed by atoms with Crippen LogP contribution in [0.5, 0.6) is 11.5 Å². The van der Waals surface area contributed by atoms with Gasteiger partial charge in [-0.25, -0.2) is 4.98 Å². The molecule has 0 aliphatic rings. The third-order valence-corrected chi connectivity index (χ3v) is 3.60. The SMILES string of the molecule is COC(=O)Cn1cnc2c([nH]c3cc(OC)c(OC)cc32)c1=O. The van der Waals surface area contributed by atoms with Gasteiger partial charge >= 0.3 is 5.97 Å². The summed E-state index contributed by atoms with van der Waals surface area (Å²) in [6.07, 6.45) is 1.32. The van der Waals surface area contributed by atoms with Crippen LogP contribution in [0, 0.1) is 0 Å². The molecule has 0 bridgehead atoms. The fraction of sp³-hybridized carbons (Fsp3) is 0.267. The highest BCUT2D eigenvalue weighted by molar-refractivity contribution is 6.05. The normalized spacial score (nSPS) is 10.9. The highest BCUT2D eigenvalue weighted by Crippen LogP contribution is 2.34. The van der Waals surface area contributed by atoms with Gasteiger partial charge in [-0.1, -0.05) is 0 Å². The molecule has 0 spiro atoms. The zero-order valence-corrected chi connectivity index (χ0v) is 12.9. The van der Waals surface area contributed by atoms with Crippen LogP contribution < -0.4 is 15.0 Å². The lowest BCUT2D eigenvalue weighted by atomic mass is 10.2. The number of rotatable bonds is 4. The second-order valence-corrected chi connectivity index (χ2v) is 4.86. The van der Waals surface area contributed by atoms with Gasteiger partial charge < -0.3 is 19.2 Å². The smallest absolute Gasteiger partial charge is 0.325 e. The molecule has 2 aromatic heterocycles. The van der Waals surface area contributed by atoms with Crippen LogP contribution in [0.3, 0.4) is 0 Å². The minimum atomic E-state index is -0.521. The van der Waals surface area contributed by atoms with E-state index in [0.29, 0.717) is 28.0 Å². The third-order valence-electron chi connectivity index (χ3n) is 3.60. The Morgan fingerprint density at radius 2 is 1.91 bits per heavy atom. The van der Waals surface area contributed by atoms with Gasteiger partial charge in [0, 0.05) is 11.5 Å². The van der Waals surface area contributed by atoms with Crippen molar-refractivity contribution in [2.75, 3.05) is 21.3 Å². The van der Waals surface area contributed by atoms with Gasteiger partial charge in [-0.15, -0.1) is 0 Å². The van der Waals surface area contributed by atoms with Gasteiger partial charge in [-0.2, -0.15) is 0 Å². The van der Waals surface area contributed by atoms with E-state index in [4.69, 9.17) is 9.47 Å². The minimum absolute atomic E-state index is 0.194. The van der Waals surface area contributed by atoms with Crippen LogP contribution in [0.15, 0.2) is 23.3 Å². The number of carbonyl (C=O) groups is 1. The first-order valence-electron chi connectivity index (χ1n) is 6.78. The summed E-state index contributed by atoms with van der Waals surface area (Å²) in [7, 11) is 4.34. The Bertz CT molecular complexity index is 957. The molecule has 120 valence electrons. The molecular formula is C15H15N3O5. The summed E-state index contributed by atoms with van der Waals surface area (Å²) in [5.74, 6) is 0.565. The highest BCUT2D eigenvalue weighted by Gasteiger charge is 2.15. The molecule has 0 atom stereocenters. The molecule has 8 heteroatoms. The lowest BCUT2D eigenvalue weighted by Crippen LogP contribution is -2.25. The predicted molar refractivity (Wildman–Crippen MR) is 83.0 cm³/mol. The first-order chi connectivity index (χ1) is 11.1. The Morgan fingerprint density at radius 1 is 1.22 bits per heavy atom. The summed E-state index contributed by atoms with van der Waals surface area (Å²) in [6, 6.07) is 3.49. The summed E-state index contributed by atoms with van der Waals surface area (Å²) in [4.78, 5) is 31.1. The van der Waals surface area contributed by atoms with Gasteiger partial charge in [-0.05, 0) is 6.07 Å². The molecule has 8 nitrogen and oxygen atoms in total. The zero-order chi connectivity index (χ0) is 16.6. The first kappa shape index (κ1) is 14.9. The number of esters is 1. The van der Waals surface area contributed by atoms with Crippen LogP contribution in [-0.4, -0.2) is 41.8 Å². The topological polar surface area (TPSA) is 95.4 Å². The largest absolute Gasteiger partial charge is 0.493 e. The van der Waals surface area contributed by atoms with Crippen molar-refractivity contribution in [2.24, 2.45) is 0 Å². The van der Waals surface area contributed by atoms with Gasteiger partial charge in [0.25, 0.3) is 5.56 Å². The number of aromatic nitrogens is 3. The summed E-state index contributed by atoms with van der Waals surface area (Å²) in [6.45, 7) is -0.194. The maximum atomic E-state index is 12.5. The molecule has 0 radical (unpaired) electrons. The first-order valence-corrected chi connectivity index (χ1v) is 6.78. The van der Waals surface area contributed by atoms with E-state index in [1.54, 1.807) is 12.1 Å². The van der Waals surface area contributed by atoms with Crippen molar-refractivity contribution < 1.29 is 19.0 Å². The van der Waals surface area contributed by atoms with E-state index >= 15 is 0 Å². The van der Waals surface area contributed by atoms with E-state index in [2.05, 4.69) is 14.7 Å². The molecule has 0 fully saturated rings. The van der Waals surface area contributed by atoms with Crippen LogP contribution in [0.4, 0.5) is 0 Å². The molecule has 0 saturated carbocycles. The number of hydrogen-bond acceptors (Lipinski definition) is 6. The maximum absolute atomic E-state index is 12.5. The molecule has 1 aromatic carbocycles. The van der Waals surface area contributed by atoms with Crippen molar-refractivity contribution in [3.63, 3.8) is 0 Å². The van der Waals surface area contributed by atoms with Crippen molar-refractivity contribution in [3.05, 3.63) is 28.8 Å². The average Bonchev–Trinajstić information content (AvgIpc) is 2.94. The fourth-order valence-corrected chi connectivity index (χ4v) is 2.44. The minimum Gasteiger partial charge on any atom is -0.493 e. The van der Waals surface area contributed by atoms with E-state index in [1.165, 1.54) is 32.2 Å². The Morgan fingerprint density at radius 3 is 2.57 bits per heavy atom. The zero-order valence-electron chi connectivity index (χ0n) is 12.9. The van der Waals surface area contributed by atoms with Crippen LogP contribution in [0.1, 0.15) is 0 Å². The van der Waals surface area contributed by atoms with E-state index in [0.717, 1.165) is 5.39 Å². The number of methoxy groups -OCH3 is 3. The van der Waals surface area contributed by atoms with E-state index in [-0.39, 0.29) is 12.1 Å². The van der Waals surface area contributed by atoms with E-state index < -0.39 is 5.97 Å². The number of carbonyl (C=O) groups excluding carboxylic acids is 1. The molecule has 0 unspecified atom stereocenters. The van der Waals surface area contributed by atoms with E-state index in [1.807, 2.05) is 0 Å². The van der Waals surface area contributed by atoms with E-state index in [9.17, 15) is 9.59 Å². The van der Waals surface area contributed by atoms with Crippen LogP contribution in [0.25, 0.3) is 21.9 Å². The van der Waals surface area contributed by atoms with Crippen molar-refractivity contribution in [1.29, 1.82) is 0 Å². The van der Waals surface area contributed by atoms with Crippen molar-refractivity contribution >= 4 is 27.9 Å². The number of benzene rings is 1. The summed E-state index contributed by atoms with van der Waals surface area (Å²) in [5.41, 5.74) is 1.15. The highest BCUT2D eigenvalue weighted by atomic mass is 16.5. The van der Waals surface area contributed by atoms with Gasteiger partial charge in [0.15, 0.2) is 11.5 Å². The molecule has 0 aliphatic heterocycles. The second kappa shape index (κ2) is 5.64. The third kappa shape index (κ3) is 2.37. The van der Waals surface area contributed by atoms with Crippen LogP contribution in [0.2, 0.25) is 0 Å². The number of H-pyrrole nitrogens is 1. The van der Waals surface area contributed by atoms with Crippen molar-refractivity contribution in [3.8, 4) is 11.5 Å². The number of hydrogen-bond donors (Lipinski definition) is 1. The second-order valence-electron chi connectivity index (χ2n) is 4.86. The van der Waals surface area contributed by atoms with Gasteiger partial charge in [0.1, 0.15) is 17.6 Å². The fourth-order valence-electron chi connectivity index (χ4n) is 2.44. The average molecular weight is 317 g/mol. The summed E-state index contributed by atoms with van der Waals surface area (Å²) < 4.78 is 16.3. The Labute approximate surface area is 130 Å². The van der Waals surface area contributed by atoms with Gasteiger partial charge in [-0.3, -0.25) is 14.2 Å². The molecule has 0 aliphatic carbocycles. The van der Waals surface area contributed by atoms with Gasteiger partial charge in [0.2, 0.25) is 0 Å². The molecular weight excluding hydrogens is 302 g/mol. The monoisotopic (exact) mass is 317 g/mol. The Kier molecular flexibility index (Phi) is 3.65. The number of fused-ring (bicyclic) bond motifs is 3. The molecule has 1 N–H and O–H groups in total.